The fourth-order valence-corrected chi connectivity index (χ4v) is 3.44. The largest absolute Gasteiger partial charge is 0.497 e. The van der Waals surface area contributed by atoms with Crippen LogP contribution in [-0.4, -0.2) is 27.2 Å². The number of carbonyl (C=O) groups is 1. The van der Waals surface area contributed by atoms with E-state index in [2.05, 4.69) is 10.4 Å². The molecule has 0 unspecified atom stereocenters. The van der Waals surface area contributed by atoms with Crippen molar-refractivity contribution in [2.45, 2.75) is 32.2 Å². The Morgan fingerprint density at radius 1 is 1.27 bits per heavy atom. The minimum absolute atomic E-state index is 0.0491. The summed E-state index contributed by atoms with van der Waals surface area (Å²) in [6.45, 7) is -0.0491. The van der Waals surface area contributed by atoms with Crippen molar-refractivity contribution in [2.75, 3.05) is 12.4 Å². The number of hydrogen-bond donors (Lipinski definition) is 1. The van der Waals surface area contributed by atoms with Crippen molar-refractivity contribution in [3.05, 3.63) is 58.3 Å². The van der Waals surface area contributed by atoms with Crippen LogP contribution in [0.1, 0.15) is 24.1 Å². The Kier molecular flexibility index (Phi) is 4.20. The quantitative estimate of drug-likeness (QED) is 0.779. The number of hydrogen-bond acceptors (Lipinski definition) is 4. The highest BCUT2D eigenvalue weighted by atomic mass is 16.5. The molecule has 26 heavy (non-hydrogen) atoms. The molecule has 0 spiro atoms. The molecule has 0 bridgehead atoms. The molecule has 0 aliphatic heterocycles. The Morgan fingerprint density at radius 3 is 2.96 bits per heavy atom. The number of methoxy groups -OCH3 is 1. The van der Waals surface area contributed by atoms with Crippen LogP contribution in [0.3, 0.4) is 0 Å². The lowest BCUT2D eigenvalue weighted by Gasteiger charge is -2.10. The highest BCUT2D eigenvalue weighted by Gasteiger charge is 2.20. The zero-order valence-electron chi connectivity index (χ0n) is 14.6. The van der Waals surface area contributed by atoms with Crippen LogP contribution in [0, 0.1) is 0 Å². The molecule has 3 aromatic rings. The number of aryl methyl sites for hydroxylation is 2. The Hall–Kier alpha value is -3.09. The fourth-order valence-electron chi connectivity index (χ4n) is 3.44. The van der Waals surface area contributed by atoms with E-state index in [1.807, 2.05) is 0 Å². The van der Waals surface area contributed by atoms with E-state index in [0.717, 1.165) is 36.9 Å². The summed E-state index contributed by atoms with van der Waals surface area (Å²) >= 11 is 0. The van der Waals surface area contributed by atoms with Gasteiger partial charge in [0, 0.05) is 29.7 Å². The summed E-state index contributed by atoms with van der Waals surface area (Å²) in [5, 5.41) is 7.31. The highest BCUT2D eigenvalue weighted by Crippen LogP contribution is 2.22. The van der Waals surface area contributed by atoms with Gasteiger partial charge in [0.05, 0.1) is 12.8 Å². The van der Waals surface area contributed by atoms with Crippen molar-refractivity contribution in [2.24, 2.45) is 0 Å². The molecule has 4 rings (SSSR count). The summed E-state index contributed by atoms with van der Waals surface area (Å²) in [6, 6.07) is 7.11. The molecular formula is C19H20N4O3. The van der Waals surface area contributed by atoms with Crippen molar-refractivity contribution in [1.29, 1.82) is 0 Å². The summed E-state index contributed by atoms with van der Waals surface area (Å²) in [7, 11) is 1.57. The molecule has 2 heterocycles. The van der Waals surface area contributed by atoms with Gasteiger partial charge < -0.3 is 14.6 Å². The van der Waals surface area contributed by atoms with E-state index >= 15 is 0 Å². The summed E-state index contributed by atoms with van der Waals surface area (Å²) in [4.78, 5) is 25.2. The minimum atomic E-state index is -0.266. The molecule has 0 radical (unpaired) electrons. The number of amides is 1. The third kappa shape index (κ3) is 2.96. The Bertz CT molecular complexity index is 1030. The van der Waals surface area contributed by atoms with Gasteiger partial charge in [0.1, 0.15) is 17.8 Å². The normalized spacial score (nSPS) is 13.4. The van der Waals surface area contributed by atoms with Gasteiger partial charge in [0.25, 0.3) is 5.56 Å². The van der Waals surface area contributed by atoms with Crippen molar-refractivity contribution in [3.63, 3.8) is 0 Å². The first-order valence-corrected chi connectivity index (χ1v) is 8.69. The number of benzene rings is 1. The molecule has 0 saturated heterocycles. The van der Waals surface area contributed by atoms with Crippen LogP contribution in [-0.2, 0) is 24.2 Å². The minimum Gasteiger partial charge on any atom is -0.497 e. The van der Waals surface area contributed by atoms with Crippen LogP contribution in [0.5, 0.6) is 5.75 Å². The molecule has 1 aromatic carbocycles. The zero-order chi connectivity index (χ0) is 18.1. The van der Waals surface area contributed by atoms with Crippen LogP contribution in [0.15, 0.2) is 41.5 Å². The monoisotopic (exact) mass is 352 g/mol. The molecule has 0 fully saturated rings. The van der Waals surface area contributed by atoms with E-state index in [1.165, 1.54) is 4.57 Å². The maximum atomic E-state index is 12.9. The topological polar surface area (TPSA) is 77.6 Å². The van der Waals surface area contributed by atoms with Gasteiger partial charge in [-0.1, -0.05) is 6.07 Å². The lowest BCUT2D eigenvalue weighted by molar-refractivity contribution is -0.116. The zero-order valence-corrected chi connectivity index (χ0v) is 14.6. The second kappa shape index (κ2) is 6.67. The SMILES string of the molecule is COc1cccc(NC(=O)Cn2ccn3nc4c(c3c2=O)CCCC4)c1. The van der Waals surface area contributed by atoms with Gasteiger partial charge in [-0.15, -0.1) is 0 Å². The summed E-state index contributed by atoms with van der Waals surface area (Å²) < 4.78 is 8.23. The predicted molar refractivity (Wildman–Crippen MR) is 97.7 cm³/mol. The molecular weight excluding hydrogens is 332 g/mol. The van der Waals surface area contributed by atoms with Crippen LogP contribution in [0.4, 0.5) is 5.69 Å². The Balaban J connectivity index is 1.59. The van der Waals surface area contributed by atoms with E-state index in [9.17, 15) is 9.59 Å². The molecule has 0 saturated carbocycles. The van der Waals surface area contributed by atoms with Crippen LogP contribution in [0.2, 0.25) is 0 Å². The van der Waals surface area contributed by atoms with Gasteiger partial charge in [-0.05, 0) is 37.8 Å². The van der Waals surface area contributed by atoms with Crippen molar-refractivity contribution in [3.8, 4) is 5.75 Å². The number of aromatic nitrogens is 3. The summed E-state index contributed by atoms with van der Waals surface area (Å²) in [5.41, 5.74) is 3.08. The highest BCUT2D eigenvalue weighted by molar-refractivity contribution is 5.90. The summed E-state index contributed by atoms with van der Waals surface area (Å²) in [6.07, 6.45) is 7.31. The molecule has 1 amide bonds. The first kappa shape index (κ1) is 16.4. The van der Waals surface area contributed by atoms with E-state index in [0.29, 0.717) is 17.0 Å². The van der Waals surface area contributed by atoms with Gasteiger partial charge in [0.15, 0.2) is 0 Å². The van der Waals surface area contributed by atoms with Gasteiger partial charge in [0.2, 0.25) is 5.91 Å². The van der Waals surface area contributed by atoms with Crippen LogP contribution >= 0.6 is 0 Å². The first-order chi connectivity index (χ1) is 12.7. The Labute approximate surface area is 150 Å². The van der Waals surface area contributed by atoms with Gasteiger partial charge in [-0.3, -0.25) is 9.59 Å². The Morgan fingerprint density at radius 2 is 2.12 bits per heavy atom. The molecule has 1 N–H and O–H groups in total. The number of ether oxygens (including phenoxy) is 1. The number of anilines is 1. The van der Waals surface area contributed by atoms with E-state index in [-0.39, 0.29) is 18.0 Å². The number of fused-ring (bicyclic) bond motifs is 3. The molecule has 1 aliphatic carbocycles. The third-order valence-electron chi connectivity index (χ3n) is 4.70. The van der Waals surface area contributed by atoms with Gasteiger partial charge in [-0.25, -0.2) is 4.52 Å². The van der Waals surface area contributed by atoms with Crippen LogP contribution < -0.4 is 15.6 Å². The summed E-state index contributed by atoms with van der Waals surface area (Å²) in [5.74, 6) is 0.394. The third-order valence-corrected chi connectivity index (χ3v) is 4.70. The van der Waals surface area contributed by atoms with E-state index in [1.54, 1.807) is 48.3 Å². The smallest absolute Gasteiger partial charge is 0.277 e. The number of rotatable bonds is 4. The molecule has 7 nitrogen and oxygen atoms in total. The molecule has 134 valence electrons. The predicted octanol–water partition coefficient (Wildman–Crippen LogP) is 2.02. The lowest BCUT2D eigenvalue weighted by atomic mass is 9.97. The number of nitrogens with zero attached hydrogens (tertiary/aromatic N) is 3. The van der Waals surface area contributed by atoms with Gasteiger partial charge in [-0.2, -0.15) is 5.10 Å². The molecule has 0 atom stereocenters. The van der Waals surface area contributed by atoms with Gasteiger partial charge >= 0.3 is 0 Å². The van der Waals surface area contributed by atoms with Crippen molar-refractivity contribution < 1.29 is 9.53 Å². The molecule has 2 aromatic heterocycles. The van der Waals surface area contributed by atoms with Crippen molar-refractivity contribution in [1.82, 2.24) is 14.2 Å². The molecule has 7 heteroatoms. The average Bonchev–Trinajstić information content (AvgIpc) is 3.03. The number of carbonyl (C=O) groups excluding carboxylic acids is 1. The lowest BCUT2D eigenvalue weighted by Crippen LogP contribution is -2.28. The average molecular weight is 352 g/mol. The fraction of sp³-hybridized carbons (Fsp3) is 0.316. The second-order valence-electron chi connectivity index (χ2n) is 6.44. The maximum absolute atomic E-state index is 12.9. The maximum Gasteiger partial charge on any atom is 0.277 e. The van der Waals surface area contributed by atoms with Crippen molar-refractivity contribution >= 4 is 17.1 Å². The van der Waals surface area contributed by atoms with E-state index < -0.39 is 0 Å². The second-order valence-corrected chi connectivity index (χ2v) is 6.44. The standard InChI is InChI=1S/C19H20N4O3/c1-26-14-6-4-5-13(11-14)20-17(24)12-22-9-10-23-18(19(22)25)15-7-2-3-8-16(15)21-23/h4-6,9-11H,2-3,7-8,12H2,1H3,(H,20,24). The first-order valence-electron chi connectivity index (χ1n) is 8.69. The van der Waals surface area contributed by atoms with E-state index in [4.69, 9.17) is 4.74 Å². The molecule has 1 aliphatic rings. The van der Waals surface area contributed by atoms with Crippen LogP contribution in [0.25, 0.3) is 5.52 Å². The number of nitrogens with one attached hydrogen (secondary N) is 1.